The summed E-state index contributed by atoms with van der Waals surface area (Å²) in [5, 5.41) is 0.177. The molecule has 8 heteroatoms. The number of halogens is 1. The minimum absolute atomic E-state index is 0.0167. The van der Waals surface area contributed by atoms with Gasteiger partial charge in [0.25, 0.3) is 10.0 Å². The van der Waals surface area contributed by atoms with Crippen LogP contribution < -0.4 is 4.72 Å². The molecule has 0 unspecified atom stereocenters. The molecule has 0 amide bonds. The van der Waals surface area contributed by atoms with E-state index < -0.39 is 16.0 Å². The van der Waals surface area contributed by atoms with Gasteiger partial charge in [0.05, 0.1) is 23.3 Å². The summed E-state index contributed by atoms with van der Waals surface area (Å²) in [7, 11) is -2.52. The molecule has 0 bridgehead atoms. The highest BCUT2D eigenvalue weighted by molar-refractivity contribution is 7.92. The van der Waals surface area contributed by atoms with Crippen molar-refractivity contribution in [1.29, 1.82) is 0 Å². The van der Waals surface area contributed by atoms with Crippen LogP contribution in [0.1, 0.15) is 10.4 Å². The number of benzene rings is 1. The summed E-state index contributed by atoms with van der Waals surface area (Å²) in [6.07, 6.45) is 1.39. The van der Waals surface area contributed by atoms with Gasteiger partial charge in [0.1, 0.15) is 5.15 Å². The van der Waals surface area contributed by atoms with Gasteiger partial charge in [0.15, 0.2) is 0 Å². The van der Waals surface area contributed by atoms with Crippen LogP contribution in [0, 0.1) is 0 Å². The second-order valence-electron chi connectivity index (χ2n) is 3.99. The van der Waals surface area contributed by atoms with E-state index >= 15 is 0 Å². The molecule has 1 aromatic heterocycles. The Balaban J connectivity index is 2.25. The summed E-state index contributed by atoms with van der Waals surface area (Å²) in [6.45, 7) is 0. The topological polar surface area (TPSA) is 85.4 Å². The molecule has 0 radical (unpaired) electrons. The SMILES string of the molecule is COC(=O)c1ccc(S(=O)(=O)Nc2ccnc(Cl)c2)cc1. The second-order valence-corrected chi connectivity index (χ2v) is 6.06. The van der Waals surface area contributed by atoms with Gasteiger partial charge < -0.3 is 4.74 Å². The van der Waals surface area contributed by atoms with Gasteiger partial charge in [0.2, 0.25) is 0 Å². The molecule has 21 heavy (non-hydrogen) atoms. The maximum Gasteiger partial charge on any atom is 0.337 e. The number of esters is 1. The number of methoxy groups -OCH3 is 1. The molecule has 0 fully saturated rings. The Bertz CT molecular complexity index is 760. The van der Waals surface area contributed by atoms with E-state index in [9.17, 15) is 13.2 Å². The lowest BCUT2D eigenvalue weighted by Gasteiger charge is -2.08. The average molecular weight is 327 g/mol. The van der Waals surface area contributed by atoms with Crippen LogP contribution in [0.15, 0.2) is 47.5 Å². The minimum atomic E-state index is -3.77. The second kappa shape index (κ2) is 6.11. The number of nitrogens with one attached hydrogen (secondary N) is 1. The van der Waals surface area contributed by atoms with E-state index in [0.717, 1.165) is 0 Å². The van der Waals surface area contributed by atoms with Gasteiger partial charge in [-0.15, -0.1) is 0 Å². The third-order valence-electron chi connectivity index (χ3n) is 2.56. The van der Waals surface area contributed by atoms with Crippen molar-refractivity contribution in [3.8, 4) is 0 Å². The Labute approximate surface area is 126 Å². The largest absolute Gasteiger partial charge is 0.465 e. The van der Waals surface area contributed by atoms with E-state index in [-0.39, 0.29) is 15.6 Å². The molecule has 1 aromatic carbocycles. The maximum atomic E-state index is 12.2. The van der Waals surface area contributed by atoms with E-state index in [4.69, 9.17) is 11.6 Å². The number of ether oxygens (including phenoxy) is 1. The fraction of sp³-hybridized carbons (Fsp3) is 0.0769. The molecule has 0 aliphatic carbocycles. The number of aromatic nitrogens is 1. The van der Waals surface area contributed by atoms with Crippen molar-refractivity contribution in [3.05, 3.63) is 53.3 Å². The molecule has 0 aliphatic rings. The molecular weight excluding hydrogens is 316 g/mol. The Kier molecular flexibility index (Phi) is 4.44. The Morgan fingerprint density at radius 1 is 1.24 bits per heavy atom. The Morgan fingerprint density at radius 3 is 2.48 bits per heavy atom. The highest BCUT2D eigenvalue weighted by Crippen LogP contribution is 2.18. The van der Waals surface area contributed by atoms with Crippen LogP contribution in [0.2, 0.25) is 5.15 Å². The molecule has 2 rings (SSSR count). The smallest absolute Gasteiger partial charge is 0.337 e. The van der Waals surface area contributed by atoms with Crippen LogP contribution in [-0.2, 0) is 14.8 Å². The highest BCUT2D eigenvalue weighted by atomic mass is 35.5. The number of pyridine rings is 1. The fourth-order valence-electron chi connectivity index (χ4n) is 1.57. The molecule has 0 aliphatic heterocycles. The van der Waals surface area contributed by atoms with Crippen LogP contribution in [0.25, 0.3) is 0 Å². The Hall–Kier alpha value is -2.12. The van der Waals surface area contributed by atoms with E-state index in [0.29, 0.717) is 5.69 Å². The zero-order valence-electron chi connectivity index (χ0n) is 10.9. The summed E-state index contributed by atoms with van der Waals surface area (Å²) >= 11 is 5.69. The van der Waals surface area contributed by atoms with Gasteiger partial charge in [0, 0.05) is 6.20 Å². The fourth-order valence-corrected chi connectivity index (χ4v) is 2.79. The first-order chi connectivity index (χ1) is 9.92. The highest BCUT2D eigenvalue weighted by Gasteiger charge is 2.15. The van der Waals surface area contributed by atoms with E-state index in [2.05, 4.69) is 14.4 Å². The summed E-state index contributed by atoms with van der Waals surface area (Å²) < 4.78 is 31.3. The molecule has 0 saturated carbocycles. The molecule has 2 aromatic rings. The van der Waals surface area contributed by atoms with Crippen molar-refractivity contribution in [1.82, 2.24) is 4.98 Å². The molecule has 1 heterocycles. The van der Waals surface area contributed by atoms with E-state index in [1.165, 1.54) is 49.7 Å². The zero-order valence-corrected chi connectivity index (χ0v) is 12.5. The molecule has 6 nitrogen and oxygen atoms in total. The van der Waals surface area contributed by atoms with Crippen LogP contribution >= 0.6 is 11.6 Å². The lowest BCUT2D eigenvalue weighted by molar-refractivity contribution is 0.0600. The minimum Gasteiger partial charge on any atom is -0.465 e. The third-order valence-corrected chi connectivity index (χ3v) is 4.17. The van der Waals surface area contributed by atoms with Crippen molar-refractivity contribution in [2.75, 3.05) is 11.8 Å². The van der Waals surface area contributed by atoms with Gasteiger partial charge in [-0.1, -0.05) is 11.6 Å². The van der Waals surface area contributed by atoms with Gasteiger partial charge >= 0.3 is 5.97 Å². The average Bonchev–Trinajstić information content (AvgIpc) is 2.46. The number of carbonyl (C=O) groups is 1. The van der Waals surface area contributed by atoms with Gasteiger partial charge in [-0.05, 0) is 36.4 Å². The molecule has 0 spiro atoms. The number of carbonyl (C=O) groups excluding carboxylic acids is 1. The van der Waals surface area contributed by atoms with Gasteiger partial charge in [-0.3, -0.25) is 4.72 Å². The molecule has 0 atom stereocenters. The molecule has 0 saturated heterocycles. The molecule has 110 valence electrons. The Morgan fingerprint density at radius 2 is 1.90 bits per heavy atom. The summed E-state index contributed by atoms with van der Waals surface area (Å²) in [5.74, 6) is -0.534. The third kappa shape index (κ3) is 3.71. The monoisotopic (exact) mass is 326 g/mol. The van der Waals surface area contributed by atoms with Crippen LogP contribution in [0.5, 0.6) is 0 Å². The lowest BCUT2D eigenvalue weighted by atomic mass is 10.2. The maximum absolute atomic E-state index is 12.2. The summed E-state index contributed by atoms with van der Waals surface area (Å²) in [5.41, 5.74) is 0.565. The van der Waals surface area contributed by atoms with Crippen molar-refractivity contribution < 1.29 is 17.9 Å². The number of sulfonamides is 1. The van der Waals surface area contributed by atoms with Crippen LogP contribution in [0.3, 0.4) is 0 Å². The zero-order chi connectivity index (χ0) is 15.5. The summed E-state index contributed by atoms with van der Waals surface area (Å²) in [6, 6.07) is 8.25. The van der Waals surface area contributed by atoms with Crippen LogP contribution in [0.4, 0.5) is 5.69 Å². The van der Waals surface area contributed by atoms with E-state index in [1.54, 1.807) is 0 Å². The number of hydrogen-bond donors (Lipinski definition) is 1. The summed E-state index contributed by atoms with van der Waals surface area (Å²) in [4.78, 5) is 15.1. The standard InChI is InChI=1S/C13H11ClN2O4S/c1-20-13(17)9-2-4-11(5-3-9)21(18,19)16-10-6-7-15-12(14)8-10/h2-8H,1H3,(H,15,16). The number of anilines is 1. The predicted octanol–water partition coefficient (Wildman–Crippen LogP) is 2.32. The predicted molar refractivity (Wildman–Crippen MR) is 77.8 cm³/mol. The van der Waals surface area contributed by atoms with Gasteiger partial charge in [-0.25, -0.2) is 18.2 Å². The normalized spacial score (nSPS) is 11.0. The number of nitrogens with zero attached hydrogens (tertiary/aromatic N) is 1. The quantitative estimate of drug-likeness (QED) is 0.688. The first-order valence-electron chi connectivity index (χ1n) is 5.75. The van der Waals surface area contributed by atoms with Crippen molar-refractivity contribution in [3.63, 3.8) is 0 Å². The van der Waals surface area contributed by atoms with Crippen LogP contribution in [-0.4, -0.2) is 26.5 Å². The van der Waals surface area contributed by atoms with Crippen molar-refractivity contribution >= 4 is 33.3 Å². The van der Waals surface area contributed by atoms with E-state index in [1.807, 2.05) is 0 Å². The number of hydrogen-bond acceptors (Lipinski definition) is 5. The van der Waals surface area contributed by atoms with Crippen molar-refractivity contribution in [2.24, 2.45) is 0 Å². The first kappa shape index (κ1) is 15.3. The van der Waals surface area contributed by atoms with Gasteiger partial charge in [-0.2, -0.15) is 0 Å². The lowest BCUT2D eigenvalue weighted by Crippen LogP contribution is -2.13. The number of rotatable bonds is 4. The molecule has 1 N–H and O–H groups in total. The van der Waals surface area contributed by atoms with Crippen molar-refractivity contribution in [2.45, 2.75) is 4.90 Å². The molecular formula is C13H11ClN2O4S. The first-order valence-corrected chi connectivity index (χ1v) is 7.61.